The zero-order chi connectivity index (χ0) is 8.49. The maximum absolute atomic E-state index is 2.21. The zero-order valence-corrected chi connectivity index (χ0v) is 7.32. The van der Waals surface area contributed by atoms with E-state index in [0.29, 0.717) is 0 Å². The number of hydrogen-bond donors (Lipinski definition) is 0. The number of allylic oxidation sites excluding steroid dienone is 8. The van der Waals surface area contributed by atoms with Crippen molar-refractivity contribution in [1.29, 1.82) is 0 Å². The van der Waals surface area contributed by atoms with Crippen molar-refractivity contribution >= 4 is 0 Å². The average molecular weight is 159 g/mol. The van der Waals surface area contributed by atoms with E-state index in [-0.39, 0.29) is 0 Å². The van der Waals surface area contributed by atoms with E-state index in [1.54, 1.807) is 0 Å². The lowest BCUT2D eigenvalue weighted by Gasteiger charge is -1.89. The van der Waals surface area contributed by atoms with E-state index in [4.69, 9.17) is 0 Å². The lowest BCUT2D eigenvalue weighted by Crippen LogP contribution is -1.71. The molecule has 0 aliphatic heterocycles. The molecule has 0 aromatic carbocycles. The summed E-state index contributed by atoms with van der Waals surface area (Å²) in [6.45, 7) is 0. The molecule has 0 spiro atoms. The molecule has 1 radical (unpaired) electrons. The van der Waals surface area contributed by atoms with Crippen LogP contribution in [-0.4, -0.2) is 0 Å². The fourth-order valence-electron chi connectivity index (χ4n) is 1.00. The van der Waals surface area contributed by atoms with Gasteiger partial charge < -0.3 is 0 Å². The van der Waals surface area contributed by atoms with Crippen LogP contribution in [0, 0.1) is 6.42 Å². The molecule has 0 aromatic rings. The van der Waals surface area contributed by atoms with Gasteiger partial charge in [0.15, 0.2) is 0 Å². The summed E-state index contributed by atoms with van der Waals surface area (Å²) in [7, 11) is 0. The molecule has 0 saturated heterocycles. The first-order valence-electron chi connectivity index (χ1n) is 4.47. The normalized spacial score (nSPS) is 29.3. The summed E-state index contributed by atoms with van der Waals surface area (Å²) in [5.41, 5.74) is 0. The van der Waals surface area contributed by atoms with Gasteiger partial charge in [-0.3, -0.25) is 0 Å². The van der Waals surface area contributed by atoms with Crippen LogP contribution in [-0.2, 0) is 0 Å². The molecule has 0 unspecified atom stereocenters. The van der Waals surface area contributed by atoms with Crippen molar-refractivity contribution in [3.05, 3.63) is 55.0 Å². The standard InChI is InChI=1S/C12H15/c1-2-4-6-8-10-12-11-9-7-5-3-1/h1-6,9,11-12H,7-8,10H2/b2-1-,5-3+,6-4+,11-9+. The topological polar surface area (TPSA) is 0 Å². The van der Waals surface area contributed by atoms with Crippen LogP contribution in [0.5, 0.6) is 0 Å². The van der Waals surface area contributed by atoms with Crippen LogP contribution in [0.1, 0.15) is 19.3 Å². The Morgan fingerprint density at radius 3 is 2.25 bits per heavy atom. The first-order valence-corrected chi connectivity index (χ1v) is 4.47. The van der Waals surface area contributed by atoms with E-state index >= 15 is 0 Å². The smallest absolute Gasteiger partial charge is 0.0166 e. The predicted octanol–water partition coefficient (Wildman–Crippen LogP) is 3.60. The predicted molar refractivity (Wildman–Crippen MR) is 54.7 cm³/mol. The second-order valence-electron chi connectivity index (χ2n) is 2.72. The summed E-state index contributed by atoms with van der Waals surface area (Å²) in [6, 6.07) is 0. The third-order valence-corrected chi connectivity index (χ3v) is 1.65. The van der Waals surface area contributed by atoms with E-state index < -0.39 is 0 Å². The van der Waals surface area contributed by atoms with E-state index in [2.05, 4.69) is 55.0 Å². The molecule has 0 saturated carbocycles. The van der Waals surface area contributed by atoms with Crippen LogP contribution < -0.4 is 0 Å². The molecule has 0 aromatic heterocycles. The molecule has 0 heteroatoms. The van der Waals surface area contributed by atoms with Crippen molar-refractivity contribution in [2.45, 2.75) is 19.3 Å². The van der Waals surface area contributed by atoms with Gasteiger partial charge in [-0.05, 0) is 25.7 Å². The largest absolute Gasteiger partial charge is 0.0845 e. The zero-order valence-electron chi connectivity index (χ0n) is 7.32. The molecule has 0 heterocycles. The maximum atomic E-state index is 2.21. The van der Waals surface area contributed by atoms with Gasteiger partial charge in [0.2, 0.25) is 0 Å². The molecule has 0 bridgehead atoms. The lowest BCUT2D eigenvalue weighted by molar-refractivity contribution is 1.00. The second kappa shape index (κ2) is 6.66. The molecular formula is C12H15. The van der Waals surface area contributed by atoms with Crippen LogP contribution in [0.15, 0.2) is 48.6 Å². The molecule has 0 N–H and O–H groups in total. The molecule has 0 amide bonds. The summed E-state index contributed by atoms with van der Waals surface area (Å²) >= 11 is 0. The van der Waals surface area contributed by atoms with Crippen molar-refractivity contribution in [2.75, 3.05) is 0 Å². The molecule has 0 nitrogen and oxygen atoms in total. The van der Waals surface area contributed by atoms with Crippen LogP contribution in [0.4, 0.5) is 0 Å². The second-order valence-corrected chi connectivity index (χ2v) is 2.72. The molecular weight excluding hydrogens is 144 g/mol. The Morgan fingerprint density at radius 2 is 1.33 bits per heavy atom. The van der Waals surface area contributed by atoms with Crippen molar-refractivity contribution < 1.29 is 0 Å². The average Bonchev–Trinajstić information content (AvgIpc) is 2.05. The number of rotatable bonds is 0. The summed E-state index contributed by atoms with van der Waals surface area (Å²) in [5, 5.41) is 0. The van der Waals surface area contributed by atoms with Crippen LogP contribution in [0.3, 0.4) is 0 Å². The van der Waals surface area contributed by atoms with Gasteiger partial charge in [-0.1, -0.05) is 48.6 Å². The highest BCUT2D eigenvalue weighted by Crippen LogP contribution is 1.99. The maximum Gasteiger partial charge on any atom is -0.0166 e. The van der Waals surface area contributed by atoms with E-state index in [0.717, 1.165) is 19.3 Å². The highest BCUT2D eigenvalue weighted by Gasteiger charge is 1.80. The molecule has 1 aliphatic carbocycles. The summed E-state index contributed by atoms with van der Waals surface area (Å²) in [6.07, 6.45) is 22.5. The van der Waals surface area contributed by atoms with Crippen molar-refractivity contribution in [2.24, 2.45) is 0 Å². The van der Waals surface area contributed by atoms with Crippen molar-refractivity contribution in [3.63, 3.8) is 0 Å². The summed E-state index contributed by atoms with van der Waals surface area (Å²) < 4.78 is 0. The Balaban J connectivity index is 2.42. The fraction of sp³-hybridized carbons (Fsp3) is 0.250. The molecule has 1 rings (SSSR count). The Labute approximate surface area is 75.0 Å². The van der Waals surface area contributed by atoms with Crippen molar-refractivity contribution in [1.82, 2.24) is 0 Å². The number of hydrogen-bond acceptors (Lipinski definition) is 0. The Kier molecular flexibility index (Phi) is 5.02. The molecule has 12 heavy (non-hydrogen) atoms. The Bertz CT molecular complexity index is 204. The Morgan fingerprint density at radius 1 is 0.583 bits per heavy atom. The van der Waals surface area contributed by atoms with Gasteiger partial charge in [-0.25, -0.2) is 0 Å². The first-order chi connectivity index (χ1) is 6.00. The third-order valence-electron chi connectivity index (χ3n) is 1.65. The first kappa shape index (κ1) is 9.05. The van der Waals surface area contributed by atoms with Gasteiger partial charge in [0.1, 0.15) is 0 Å². The van der Waals surface area contributed by atoms with Gasteiger partial charge in [0.05, 0.1) is 0 Å². The van der Waals surface area contributed by atoms with Crippen molar-refractivity contribution in [3.8, 4) is 0 Å². The SMILES string of the molecule is [CH]1/C=C/C/C=C/C=C\C=C\CC1. The van der Waals surface area contributed by atoms with Crippen LogP contribution in [0.25, 0.3) is 0 Å². The highest BCUT2D eigenvalue weighted by atomic mass is 13.9. The highest BCUT2D eigenvalue weighted by molar-refractivity contribution is 5.13. The molecule has 0 fully saturated rings. The van der Waals surface area contributed by atoms with Crippen LogP contribution >= 0.6 is 0 Å². The fourth-order valence-corrected chi connectivity index (χ4v) is 1.00. The summed E-state index contributed by atoms with van der Waals surface area (Å²) in [5.74, 6) is 0. The molecule has 1 aliphatic rings. The quantitative estimate of drug-likeness (QED) is 0.506. The minimum atomic E-state index is 1.03. The van der Waals surface area contributed by atoms with E-state index in [1.807, 2.05) is 0 Å². The minimum absolute atomic E-state index is 1.03. The van der Waals surface area contributed by atoms with Gasteiger partial charge in [-0.2, -0.15) is 0 Å². The van der Waals surface area contributed by atoms with Gasteiger partial charge >= 0.3 is 0 Å². The van der Waals surface area contributed by atoms with Gasteiger partial charge in [-0.15, -0.1) is 0 Å². The third kappa shape index (κ3) is 4.73. The van der Waals surface area contributed by atoms with Crippen LogP contribution in [0.2, 0.25) is 0 Å². The van der Waals surface area contributed by atoms with Gasteiger partial charge in [0, 0.05) is 0 Å². The Hall–Kier alpha value is -1.04. The van der Waals surface area contributed by atoms with E-state index in [1.165, 1.54) is 0 Å². The molecule has 63 valence electrons. The lowest BCUT2D eigenvalue weighted by atomic mass is 10.2. The van der Waals surface area contributed by atoms with Gasteiger partial charge in [0.25, 0.3) is 0 Å². The van der Waals surface area contributed by atoms with E-state index in [9.17, 15) is 0 Å². The minimum Gasteiger partial charge on any atom is -0.0845 e. The summed E-state index contributed by atoms with van der Waals surface area (Å²) in [4.78, 5) is 0. The monoisotopic (exact) mass is 159 g/mol. The molecule has 0 atom stereocenters.